The Hall–Kier alpha value is -4.20. The molecule has 0 aromatic carbocycles. The summed E-state index contributed by atoms with van der Waals surface area (Å²) in [7, 11) is 0. The number of allylic oxidation sites excluding steroid dienone is 21. The van der Waals surface area contributed by atoms with Gasteiger partial charge in [0.1, 0.15) is 24.4 Å². The minimum absolute atomic E-state index is 0.0336. The number of carbonyl (C=O) groups is 2. The Bertz CT molecular complexity index is 1710. The standard InChI is InChI=1S/C63H101NO10/c1-4-7-10-13-16-19-22-25-27-29-31-33-36-39-42-45-48-51-58(68)74-61-60(70)59(69)57(52-65)73-63(61)72-53-54(55(66)49-46-43-40-37-34-24-21-18-15-12-9-6-3)64-62(71)56(67)50-47-44-41-38-35-32-30-28-26-23-20-17-14-11-8-5-2/h8,11,14,16-17,19-20,23,25-28,30-33,35,38-39,42,46,49,54-57,59-61,63,65-67,69-70H,4-7,9-10,12-13,15,18,21-22,24,29,34,36-37,40-41,43-45,47-48,50-53H2,1-3H3,(H,64,71)/b11-8-,17-14+,19-16-,23-20+,27-25-,28-26-,32-30+,33-31-,38-35+,42-39-,49-46+. The molecule has 418 valence electrons. The lowest BCUT2D eigenvalue weighted by molar-refractivity contribution is -0.305. The average Bonchev–Trinajstić information content (AvgIpc) is 3.40. The molecule has 0 saturated carbocycles. The van der Waals surface area contributed by atoms with Crippen molar-refractivity contribution in [3.63, 3.8) is 0 Å². The third kappa shape index (κ3) is 37.5. The number of carbonyl (C=O) groups excluding carboxylic acids is 2. The molecule has 0 aromatic rings. The van der Waals surface area contributed by atoms with Crippen LogP contribution < -0.4 is 5.32 Å². The van der Waals surface area contributed by atoms with Crippen LogP contribution in [-0.2, 0) is 23.8 Å². The van der Waals surface area contributed by atoms with E-state index in [0.717, 1.165) is 70.6 Å². The summed E-state index contributed by atoms with van der Waals surface area (Å²) in [4.78, 5) is 26.4. The van der Waals surface area contributed by atoms with E-state index >= 15 is 0 Å². The van der Waals surface area contributed by atoms with E-state index < -0.39 is 67.4 Å². The van der Waals surface area contributed by atoms with E-state index in [1.807, 2.05) is 85.1 Å². The molecule has 0 spiro atoms. The molecule has 11 nitrogen and oxygen atoms in total. The monoisotopic (exact) mass is 1030 g/mol. The van der Waals surface area contributed by atoms with Crippen LogP contribution in [0.2, 0.25) is 0 Å². The highest BCUT2D eigenvalue weighted by molar-refractivity contribution is 5.80. The van der Waals surface area contributed by atoms with E-state index in [1.165, 1.54) is 64.2 Å². The number of unbranched alkanes of at least 4 members (excludes halogenated alkanes) is 16. The van der Waals surface area contributed by atoms with Crippen molar-refractivity contribution in [2.75, 3.05) is 13.2 Å². The second kappa shape index (κ2) is 49.7. The first-order valence-corrected chi connectivity index (χ1v) is 28.5. The number of rotatable bonds is 45. The molecule has 1 aliphatic heterocycles. The van der Waals surface area contributed by atoms with Crippen molar-refractivity contribution in [1.82, 2.24) is 5.32 Å². The summed E-state index contributed by atoms with van der Waals surface area (Å²) >= 11 is 0. The van der Waals surface area contributed by atoms with E-state index in [9.17, 15) is 35.1 Å². The van der Waals surface area contributed by atoms with Gasteiger partial charge in [-0.2, -0.15) is 0 Å². The van der Waals surface area contributed by atoms with Gasteiger partial charge in [0.15, 0.2) is 12.4 Å². The van der Waals surface area contributed by atoms with Crippen LogP contribution in [0.4, 0.5) is 0 Å². The van der Waals surface area contributed by atoms with Crippen molar-refractivity contribution >= 4 is 11.9 Å². The van der Waals surface area contributed by atoms with Gasteiger partial charge in [-0.05, 0) is 83.5 Å². The van der Waals surface area contributed by atoms with Gasteiger partial charge in [0.25, 0.3) is 0 Å². The molecule has 1 heterocycles. The third-order valence-corrected chi connectivity index (χ3v) is 12.4. The molecule has 1 aliphatic rings. The largest absolute Gasteiger partial charge is 0.454 e. The molecule has 74 heavy (non-hydrogen) atoms. The number of hydrogen-bond donors (Lipinski definition) is 6. The van der Waals surface area contributed by atoms with Crippen molar-refractivity contribution in [2.24, 2.45) is 0 Å². The molecule has 1 saturated heterocycles. The molecular weight excluding hydrogens is 931 g/mol. The zero-order valence-corrected chi connectivity index (χ0v) is 45.9. The molecule has 11 heteroatoms. The Morgan fingerprint density at radius 3 is 1.61 bits per heavy atom. The summed E-state index contributed by atoms with van der Waals surface area (Å²) in [6, 6.07) is -1.07. The normalized spacial score (nSPS) is 20.4. The van der Waals surface area contributed by atoms with Crippen LogP contribution in [0.5, 0.6) is 0 Å². The van der Waals surface area contributed by atoms with Crippen LogP contribution in [0.3, 0.4) is 0 Å². The van der Waals surface area contributed by atoms with E-state index in [0.29, 0.717) is 19.3 Å². The predicted octanol–water partition coefficient (Wildman–Crippen LogP) is 12.9. The molecule has 0 aromatic heterocycles. The zero-order valence-electron chi connectivity index (χ0n) is 45.9. The quantitative estimate of drug-likeness (QED) is 0.0149. The van der Waals surface area contributed by atoms with Crippen molar-refractivity contribution < 1.29 is 49.3 Å². The second-order valence-electron chi connectivity index (χ2n) is 19.1. The van der Waals surface area contributed by atoms with Gasteiger partial charge in [-0.1, -0.05) is 231 Å². The Balaban J connectivity index is 2.83. The van der Waals surface area contributed by atoms with Crippen molar-refractivity contribution in [3.8, 4) is 0 Å². The lowest BCUT2D eigenvalue weighted by atomic mass is 9.99. The summed E-state index contributed by atoms with van der Waals surface area (Å²) in [5, 5.41) is 56.7. The number of nitrogens with one attached hydrogen (secondary N) is 1. The highest BCUT2D eigenvalue weighted by atomic mass is 16.7. The number of aliphatic hydroxyl groups is 5. The van der Waals surface area contributed by atoms with Gasteiger partial charge < -0.3 is 45.1 Å². The maximum atomic E-state index is 13.4. The Morgan fingerprint density at radius 2 is 1.03 bits per heavy atom. The maximum Gasteiger partial charge on any atom is 0.306 e. The van der Waals surface area contributed by atoms with Crippen LogP contribution in [-0.4, -0.2) is 99.6 Å². The van der Waals surface area contributed by atoms with Gasteiger partial charge in [-0.15, -0.1) is 0 Å². The van der Waals surface area contributed by atoms with Crippen LogP contribution in [0.25, 0.3) is 0 Å². The maximum absolute atomic E-state index is 13.4. The third-order valence-electron chi connectivity index (χ3n) is 12.4. The number of ether oxygens (including phenoxy) is 3. The van der Waals surface area contributed by atoms with Gasteiger partial charge in [-0.3, -0.25) is 9.59 Å². The Kier molecular flexibility index (Phi) is 45.5. The lowest BCUT2D eigenvalue weighted by Gasteiger charge is -2.41. The van der Waals surface area contributed by atoms with Gasteiger partial charge in [0, 0.05) is 6.42 Å². The molecule has 1 fully saturated rings. The first-order valence-electron chi connectivity index (χ1n) is 28.5. The molecule has 1 rings (SSSR count). The Labute approximate surface area is 448 Å². The Morgan fingerprint density at radius 1 is 0.554 bits per heavy atom. The smallest absolute Gasteiger partial charge is 0.306 e. The minimum Gasteiger partial charge on any atom is -0.454 e. The van der Waals surface area contributed by atoms with E-state index in [-0.39, 0.29) is 19.4 Å². The number of hydrogen-bond acceptors (Lipinski definition) is 10. The second-order valence-corrected chi connectivity index (χ2v) is 19.1. The fourth-order valence-electron chi connectivity index (χ4n) is 7.91. The van der Waals surface area contributed by atoms with Crippen molar-refractivity contribution in [3.05, 3.63) is 134 Å². The van der Waals surface area contributed by atoms with E-state index in [2.05, 4.69) is 68.6 Å². The van der Waals surface area contributed by atoms with Crippen molar-refractivity contribution in [2.45, 2.75) is 237 Å². The number of amides is 1. The summed E-state index contributed by atoms with van der Waals surface area (Å²) in [5.74, 6) is -1.31. The van der Waals surface area contributed by atoms with E-state index in [1.54, 1.807) is 6.08 Å². The molecule has 0 radical (unpaired) electrons. The first-order chi connectivity index (χ1) is 36.2. The highest BCUT2D eigenvalue weighted by Crippen LogP contribution is 2.26. The molecule has 6 N–H and O–H groups in total. The van der Waals surface area contributed by atoms with Crippen molar-refractivity contribution in [1.29, 1.82) is 0 Å². The summed E-state index contributed by atoms with van der Waals surface area (Å²) < 4.78 is 17.5. The molecule has 8 atom stereocenters. The van der Waals surface area contributed by atoms with Crippen LogP contribution in [0.1, 0.15) is 188 Å². The van der Waals surface area contributed by atoms with Gasteiger partial charge in [-0.25, -0.2) is 0 Å². The molecule has 8 unspecified atom stereocenters. The summed E-state index contributed by atoms with van der Waals surface area (Å²) in [5.41, 5.74) is 0. The van der Waals surface area contributed by atoms with Gasteiger partial charge in [0.2, 0.25) is 5.91 Å². The van der Waals surface area contributed by atoms with Crippen LogP contribution in [0.15, 0.2) is 134 Å². The van der Waals surface area contributed by atoms with Crippen LogP contribution >= 0.6 is 0 Å². The molecule has 0 bridgehead atoms. The number of esters is 1. The fourth-order valence-corrected chi connectivity index (χ4v) is 7.91. The molecule has 1 amide bonds. The fraction of sp³-hybridized carbons (Fsp3) is 0.619. The van der Waals surface area contributed by atoms with E-state index in [4.69, 9.17) is 14.2 Å². The van der Waals surface area contributed by atoms with Crippen LogP contribution in [0, 0.1) is 0 Å². The number of aliphatic hydroxyl groups excluding tert-OH is 5. The van der Waals surface area contributed by atoms with Gasteiger partial charge in [0.05, 0.1) is 25.4 Å². The zero-order chi connectivity index (χ0) is 54.0. The summed E-state index contributed by atoms with van der Waals surface area (Å²) in [6.45, 7) is 5.52. The molecular formula is C63H101NO10. The lowest BCUT2D eigenvalue weighted by Crippen LogP contribution is -2.61. The van der Waals surface area contributed by atoms with Gasteiger partial charge >= 0.3 is 5.97 Å². The SMILES string of the molecule is CC\C=C/C=C/C=C/C=C\C=C\C=C\CCCCC(O)C(=O)NC(COC1OC(CO)C(O)C(O)C1OC(=O)CCC/C=C\C/C=C\C/C=C\C/C=C\CCCCC)C(O)/C=C/CCCCCCCCCCCC. The summed E-state index contributed by atoms with van der Waals surface area (Å²) in [6.07, 6.45) is 59.2. The first kappa shape index (κ1) is 67.8. The topological polar surface area (TPSA) is 175 Å². The molecule has 0 aliphatic carbocycles. The average molecular weight is 1030 g/mol. The highest BCUT2D eigenvalue weighted by Gasteiger charge is 2.47. The predicted molar refractivity (Wildman–Crippen MR) is 305 cm³/mol. The minimum atomic E-state index is -1.65.